The lowest BCUT2D eigenvalue weighted by Gasteiger charge is -2.24. The van der Waals surface area contributed by atoms with E-state index >= 15 is 0 Å². The SMILES string of the molecule is CCN(Cc1ccc(C(N)=O)cc1Cl)c1ccc(N)cc1. The summed E-state index contributed by atoms with van der Waals surface area (Å²) in [7, 11) is 0. The largest absolute Gasteiger partial charge is 0.399 e. The molecule has 0 radical (unpaired) electrons. The van der Waals surface area contributed by atoms with E-state index in [9.17, 15) is 4.79 Å². The summed E-state index contributed by atoms with van der Waals surface area (Å²) >= 11 is 6.23. The first-order valence-corrected chi connectivity index (χ1v) is 7.07. The van der Waals surface area contributed by atoms with Gasteiger partial charge in [0.25, 0.3) is 0 Å². The number of nitrogens with two attached hydrogens (primary N) is 2. The average molecular weight is 304 g/mol. The third kappa shape index (κ3) is 3.67. The minimum absolute atomic E-state index is 0.416. The van der Waals surface area contributed by atoms with Gasteiger partial charge >= 0.3 is 0 Å². The summed E-state index contributed by atoms with van der Waals surface area (Å²) in [6.07, 6.45) is 0. The summed E-state index contributed by atoms with van der Waals surface area (Å²) in [5.74, 6) is -0.477. The van der Waals surface area contributed by atoms with E-state index in [0.717, 1.165) is 23.5 Å². The molecule has 110 valence electrons. The second kappa shape index (κ2) is 6.50. The molecule has 2 rings (SSSR count). The first-order valence-electron chi connectivity index (χ1n) is 6.70. The quantitative estimate of drug-likeness (QED) is 0.834. The number of hydrogen-bond donors (Lipinski definition) is 2. The number of benzene rings is 2. The van der Waals surface area contributed by atoms with Gasteiger partial charge in [-0.3, -0.25) is 4.79 Å². The Morgan fingerprint density at radius 3 is 2.38 bits per heavy atom. The molecule has 0 heterocycles. The minimum atomic E-state index is -0.477. The zero-order valence-corrected chi connectivity index (χ0v) is 12.6. The van der Waals surface area contributed by atoms with Crippen LogP contribution in [0.25, 0.3) is 0 Å². The molecule has 5 heteroatoms. The van der Waals surface area contributed by atoms with Gasteiger partial charge in [-0.25, -0.2) is 0 Å². The Labute approximate surface area is 129 Å². The van der Waals surface area contributed by atoms with Crippen molar-refractivity contribution in [3.8, 4) is 0 Å². The predicted molar refractivity (Wildman–Crippen MR) is 87.5 cm³/mol. The van der Waals surface area contributed by atoms with Gasteiger partial charge in [0.1, 0.15) is 0 Å². The molecule has 0 aromatic heterocycles. The average Bonchev–Trinajstić information content (AvgIpc) is 2.47. The van der Waals surface area contributed by atoms with Gasteiger partial charge in [0.05, 0.1) is 0 Å². The number of halogens is 1. The number of rotatable bonds is 5. The normalized spacial score (nSPS) is 10.4. The summed E-state index contributed by atoms with van der Waals surface area (Å²) in [5.41, 5.74) is 14.1. The summed E-state index contributed by atoms with van der Waals surface area (Å²) < 4.78 is 0. The maximum absolute atomic E-state index is 11.1. The van der Waals surface area contributed by atoms with Gasteiger partial charge in [-0.05, 0) is 48.9 Å². The second-order valence-corrected chi connectivity index (χ2v) is 5.18. The monoisotopic (exact) mass is 303 g/mol. The number of hydrogen-bond acceptors (Lipinski definition) is 3. The lowest BCUT2D eigenvalue weighted by Crippen LogP contribution is -2.22. The van der Waals surface area contributed by atoms with E-state index in [1.807, 2.05) is 30.3 Å². The highest BCUT2D eigenvalue weighted by Crippen LogP contribution is 2.23. The Kier molecular flexibility index (Phi) is 4.70. The van der Waals surface area contributed by atoms with Gasteiger partial charge in [-0.2, -0.15) is 0 Å². The Balaban J connectivity index is 2.22. The van der Waals surface area contributed by atoms with Gasteiger partial charge in [-0.15, -0.1) is 0 Å². The van der Waals surface area contributed by atoms with Crippen molar-refractivity contribution in [2.45, 2.75) is 13.5 Å². The van der Waals surface area contributed by atoms with Crippen LogP contribution in [0.2, 0.25) is 5.02 Å². The third-order valence-electron chi connectivity index (χ3n) is 3.34. The van der Waals surface area contributed by atoms with Crippen molar-refractivity contribution in [2.75, 3.05) is 17.2 Å². The second-order valence-electron chi connectivity index (χ2n) is 4.78. The van der Waals surface area contributed by atoms with Crippen molar-refractivity contribution >= 4 is 28.9 Å². The summed E-state index contributed by atoms with van der Waals surface area (Å²) in [6.45, 7) is 3.55. The fraction of sp³-hybridized carbons (Fsp3) is 0.188. The first-order chi connectivity index (χ1) is 10.0. The molecule has 0 atom stereocenters. The van der Waals surface area contributed by atoms with Crippen LogP contribution >= 0.6 is 11.6 Å². The van der Waals surface area contributed by atoms with Crippen LogP contribution in [0.1, 0.15) is 22.8 Å². The van der Waals surface area contributed by atoms with Crippen molar-refractivity contribution in [2.24, 2.45) is 5.73 Å². The number of amides is 1. The summed E-state index contributed by atoms with van der Waals surface area (Å²) in [4.78, 5) is 13.3. The number of carbonyl (C=O) groups excluding carboxylic acids is 1. The number of nitrogen functional groups attached to an aromatic ring is 1. The highest BCUT2D eigenvalue weighted by molar-refractivity contribution is 6.31. The van der Waals surface area contributed by atoms with Gasteiger partial charge in [0.2, 0.25) is 5.91 Å². The fourth-order valence-electron chi connectivity index (χ4n) is 2.11. The molecule has 0 aliphatic carbocycles. The van der Waals surface area contributed by atoms with Crippen LogP contribution in [0.3, 0.4) is 0 Å². The fourth-order valence-corrected chi connectivity index (χ4v) is 2.35. The highest BCUT2D eigenvalue weighted by Gasteiger charge is 2.10. The molecule has 0 spiro atoms. The zero-order chi connectivity index (χ0) is 15.4. The number of anilines is 2. The van der Waals surface area contributed by atoms with Gasteiger partial charge in [0.15, 0.2) is 0 Å². The van der Waals surface area contributed by atoms with Crippen LogP contribution < -0.4 is 16.4 Å². The Hall–Kier alpha value is -2.20. The molecule has 1 amide bonds. The molecule has 0 fully saturated rings. The molecule has 0 aliphatic heterocycles. The molecule has 0 aliphatic rings. The lowest BCUT2D eigenvalue weighted by atomic mass is 10.1. The van der Waals surface area contributed by atoms with Crippen molar-refractivity contribution in [3.63, 3.8) is 0 Å². The van der Waals surface area contributed by atoms with E-state index < -0.39 is 5.91 Å². The minimum Gasteiger partial charge on any atom is -0.399 e. The molecule has 21 heavy (non-hydrogen) atoms. The molecule has 0 saturated heterocycles. The molecular formula is C16H18ClN3O. The van der Waals surface area contributed by atoms with E-state index in [1.165, 1.54) is 0 Å². The van der Waals surface area contributed by atoms with Gasteiger partial charge < -0.3 is 16.4 Å². The van der Waals surface area contributed by atoms with Crippen molar-refractivity contribution < 1.29 is 4.79 Å². The topological polar surface area (TPSA) is 72.3 Å². The Morgan fingerprint density at radius 2 is 1.86 bits per heavy atom. The van der Waals surface area contributed by atoms with E-state index in [1.54, 1.807) is 12.1 Å². The van der Waals surface area contributed by atoms with Crippen LogP contribution in [0, 0.1) is 0 Å². The van der Waals surface area contributed by atoms with Crippen LogP contribution in [0.4, 0.5) is 11.4 Å². The molecule has 4 N–H and O–H groups in total. The van der Waals surface area contributed by atoms with Gasteiger partial charge in [0, 0.05) is 35.1 Å². The lowest BCUT2D eigenvalue weighted by molar-refractivity contribution is 0.100. The van der Waals surface area contributed by atoms with Crippen LogP contribution in [-0.4, -0.2) is 12.5 Å². The first kappa shape index (κ1) is 15.2. The summed E-state index contributed by atoms with van der Waals surface area (Å²) in [5, 5.41) is 0.542. The maximum atomic E-state index is 11.1. The van der Waals surface area contributed by atoms with E-state index in [2.05, 4.69) is 11.8 Å². The van der Waals surface area contributed by atoms with Crippen LogP contribution in [0.5, 0.6) is 0 Å². The molecular weight excluding hydrogens is 286 g/mol. The van der Waals surface area contributed by atoms with E-state index in [-0.39, 0.29) is 0 Å². The van der Waals surface area contributed by atoms with Crippen molar-refractivity contribution in [3.05, 3.63) is 58.6 Å². The van der Waals surface area contributed by atoms with Gasteiger partial charge in [-0.1, -0.05) is 17.7 Å². The predicted octanol–water partition coefficient (Wildman–Crippen LogP) is 3.05. The molecule has 0 unspecified atom stereocenters. The molecule has 2 aromatic rings. The Morgan fingerprint density at radius 1 is 1.19 bits per heavy atom. The summed E-state index contributed by atoms with van der Waals surface area (Å²) in [6, 6.07) is 12.8. The molecule has 2 aromatic carbocycles. The Bertz CT molecular complexity index is 640. The standard InChI is InChI=1S/C16H18ClN3O/c1-2-20(14-7-5-13(18)6-8-14)10-12-4-3-11(16(19)21)9-15(12)17/h3-9H,2,10,18H2,1H3,(H2,19,21). The van der Waals surface area contributed by atoms with Crippen molar-refractivity contribution in [1.29, 1.82) is 0 Å². The highest BCUT2D eigenvalue weighted by atomic mass is 35.5. The van der Waals surface area contributed by atoms with Crippen molar-refractivity contribution in [1.82, 2.24) is 0 Å². The molecule has 4 nitrogen and oxygen atoms in total. The van der Waals surface area contributed by atoms with E-state index in [0.29, 0.717) is 17.1 Å². The number of primary amides is 1. The number of carbonyl (C=O) groups is 1. The smallest absolute Gasteiger partial charge is 0.248 e. The maximum Gasteiger partial charge on any atom is 0.248 e. The van der Waals surface area contributed by atoms with E-state index in [4.69, 9.17) is 23.1 Å². The zero-order valence-electron chi connectivity index (χ0n) is 11.8. The van der Waals surface area contributed by atoms with Crippen LogP contribution in [0.15, 0.2) is 42.5 Å². The third-order valence-corrected chi connectivity index (χ3v) is 3.69. The molecule has 0 saturated carbocycles. The molecule has 0 bridgehead atoms. The van der Waals surface area contributed by atoms with Crippen LogP contribution in [-0.2, 0) is 6.54 Å². The number of nitrogens with zero attached hydrogens (tertiary/aromatic N) is 1.